The van der Waals surface area contributed by atoms with E-state index in [-0.39, 0.29) is 0 Å². The molecule has 7 heteroatoms. The number of hydrogen-bond donors (Lipinski definition) is 0. The molecule has 0 amide bonds. The summed E-state index contributed by atoms with van der Waals surface area (Å²) in [4.78, 5) is 4.27. The molecule has 2 heterocycles. The minimum atomic E-state index is 0.361. The van der Waals surface area contributed by atoms with Crippen LogP contribution in [0.2, 0.25) is 5.15 Å². The van der Waals surface area contributed by atoms with Crippen LogP contribution in [0.1, 0.15) is 11.4 Å². The molecule has 3 rings (SSSR count). The Kier molecular flexibility index (Phi) is 3.56. The molecule has 0 atom stereocenters. The van der Waals surface area contributed by atoms with E-state index in [1.54, 1.807) is 0 Å². The van der Waals surface area contributed by atoms with Crippen LogP contribution in [0.5, 0.6) is 0 Å². The lowest BCUT2D eigenvalue weighted by molar-refractivity contribution is 0.999. The van der Waals surface area contributed by atoms with Crippen molar-refractivity contribution in [1.29, 1.82) is 0 Å². The normalized spacial score (nSPS) is 11.2. The molecule has 102 valence electrons. The van der Waals surface area contributed by atoms with E-state index in [9.17, 15) is 0 Å². The highest BCUT2D eigenvalue weighted by Crippen LogP contribution is 2.31. The van der Waals surface area contributed by atoms with Crippen LogP contribution >= 0.6 is 43.5 Å². The average Bonchev–Trinajstić information content (AvgIpc) is 2.81. The third-order valence-electron chi connectivity index (χ3n) is 3.14. The SMILES string of the molecule is Cc1nc(Cl)c2nnc(-c3ccc(Br)cc3Br)n2c1C. The molecule has 0 spiro atoms. The van der Waals surface area contributed by atoms with Crippen molar-refractivity contribution in [2.45, 2.75) is 13.8 Å². The number of nitrogens with zero attached hydrogens (tertiary/aromatic N) is 4. The second-order valence-corrected chi connectivity index (χ2v) is 6.51. The molecule has 0 bridgehead atoms. The molecule has 3 aromatic rings. The van der Waals surface area contributed by atoms with Gasteiger partial charge in [0.15, 0.2) is 16.6 Å². The van der Waals surface area contributed by atoms with Crippen molar-refractivity contribution >= 4 is 49.1 Å². The summed E-state index contributed by atoms with van der Waals surface area (Å²) in [5.74, 6) is 0.740. The Bertz CT molecular complexity index is 829. The second-order valence-electron chi connectivity index (χ2n) is 4.38. The number of fused-ring (bicyclic) bond motifs is 1. The zero-order chi connectivity index (χ0) is 14.4. The molecule has 2 aromatic heterocycles. The first kappa shape index (κ1) is 14.0. The average molecular weight is 417 g/mol. The molecule has 4 nitrogen and oxygen atoms in total. The quantitative estimate of drug-likeness (QED) is 0.583. The van der Waals surface area contributed by atoms with Gasteiger partial charge in [0, 0.05) is 20.2 Å². The highest BCUT2D eigenvalue weighted by Gasteiger charge is 2.17. The zero-order valence-corrected chi connectivity index (χ0v) is 14.6. The Morgan fingerprint density at radius 1 is 1.15 bits per heavy atom. The highest BCUT2D eigenvalue weighted by atomic mass is 79.9. The molecule has 0 aliphatic carbocycles. The lowest BCUT2D eigenvalue weighted by Gasteiger charge is -2.08. The monoisotopic (exact) mass is 414 g/mol. The lowest BCUT2D eigenvalue weighted by atomic mass is 10.2. The lowest BCUT2D eigenvalue weighted by Crippen LogP contribution is -2.01. The van der Waals surface area contributed by atoms with Crippen LogP contribution in [0.4, 0.5) is 0 Å². The molecule has 0 unspecified atom stereocenters. The van der Waals surface area contributed by atoms with E-state index in [0.29, 0.717) is 10.8 Å². The molecular formula is C13H9Br2ClN4. The topological polar surface area (TPSA) is 43.1 Å². The van der Waals surface area contributed by atoms with Crippen LogP contribution in [0.25, 0.3) is 17.0 Å². The van der Waals surface area contributed by atoms with E-state index in [2.05, 4.69) is 47.0 Å². The highest BCUT2D eigenvalue weighted by molar-refractivity contribution is 9.11. The Morgan fingerprint density at radius 2 is 1.90 bits per heavy atom. The number of aromatic nitrogens is 4. The van der Waals surface area contributed by atoms with Gasteiger partial charge in [-0.25, -0.2) is 4.98 Å². The fourth-order valence-corrected chi connectivity index (χ4v) is 3.49. The van der Waals surface area contributed by atoms with Gasteiger partial charge in [-0.3, -0.25) is 4.40 Å². The summed E-state index contributed by atoms with van der Waals surface area (Å²) < 4.78 is 3.86. The van der Waals surface area contributed by atoms with Gasteiger partial charge in [-0.1, -0.05) is 27.5 Å². The smallest absolute Gasteiger partial charge is 0.199 e. The summed E-state index contributed by atoms with van der Waals surface area (Å²) in [6.07, 6.45) is 0. The van der Waals surface area contributed by atoms with Crippen LogP contribution in [-0.4, -0.2) is 19.6 Å². The summed E-state index contributed by atoms with van der Waals surface area (Å²) in [6.45, 7) is 3.90. The van der Waals surface area contributed by atoms with Gasteiger partial charge in [0.1, 0.15) is 0 Å². The summed E-state index contributed by atoms with van der Waals surface area (Å²) in [6, 6.07) is 5.92. The standard InChI is InChI=1S/C13H9Br2ClN4/c1-6-7(2)20-12(18-19-13(20)11(16)17-6)9-4-3-8(14)5-10(9)15/h3-5H,1-2H3. The Balaban J connectivity index is 2.38. The fourth-order valence-electron chi connectivity index (χ4n) is 2.02. The van der Waals surface area contributed by atoms with Gasteiger partial charge in [0.2, 0.25) is 0 Å². The van der Waals surface area contributed by atoms with Gasteiger partial charge in [-0.2, -0.15) is 0 Å². The van der Waals surface area contributed by atoms with Crippen molar-refractivity contribution in [1.82, 2.24) is 19.6 Å². The first-order chi connectivity index (χ1) is 9.49. The Labute approximate surface area is 137 Å². The third-order valence-corrected chi connectivity index (χ3v) is 4.55. The second kappa shape index (κ2) is 5.09. The number of hydrogen-bond acceptors (Lipinski definition) is 3. The number of benzene rings is 1. The number of aryl methyl sites for hydroxylation is 2. The maximum absolute atomic E-state index is 6.15. The summed E-state index contributed by atoms with van der Waals surface area (Å²) in [7, 11) is 0. The zero-order valence-electron chi connectivity index (χ0n) is 10.7. The van der Waals surface area contributed by atoms with E-state index in [0.717, 1.165) is 31.7 Å². The third kappa shape index (κ3) is 2.16. The van der Waals surface area contributed by atoms with Crippen LogP contribution in [0.3, 0.4) is 0 Å². The summed E-state index contributed by atoms with van der Waals surface area (Å²) in [5.41, 5.74) is 3.35. The maximum Gasteiger partial charge on any atom is 0.199 e. The predicted octanol–water partition coefficient (Wildman–Crippen LogP) is 4.59. The molecule has 1 aromatic carbocycles. The largest absolute Gasteiger partial charge is 0.275 e. The van der Waals surface area contributed by atoms with Crippen LogP contribution in [0.15, 0.2) is 27.1 Å². The van der Waals surface area contributed by atoms with Crippen molar-refractivity contribution in [3.8, 4) is 11.4 Å². The van der Waals surface area contributed by atoms with E-state index in [1.807, 2.05) is 36.4 Å². The first-order valence-corrected chi connectivity index (χ1v) is 7.78. The van der Waals surface area contributed by atoms with E-state index in [1.165, 1.54) is 0 Å². The van der Waals surface area contributed by atoms with Crippen molar-refractivity contribution in [3.63, 3.8) is 0 Å². The van der Waals surface area contributed by atoms with Gasteiger partial charge in [-0.05, 0) is 48.0 Å². The van der Waals surface area contributed by atoms with Crippen LogP contribution in [0, 0.1) is 13.8 Å². The Hall–Kier alpha value is -0.980. The molecule has 0 saturated carbocycles. The van der Waals surface area contributed by atoms with Crippen molar-refractivity contribution in [2.75, 3.05) is 0 Å². The van der Waals surface area contributed by atoms with Gasteiger partial charge in [0.25, 0.3) is 0 Å². The van der Waals surface area contributed by atoms with Gasteiger partial charge in [0.05, 0.1) is 5.69 Å². The number of halogens is 3. The molecule has 0 N–H and O–H groups in total. The molecule has 0 aliphatic rings. The number of rotatable bonds is 1. The fraction of sp³-hybridized carbons (Fsp3) is 0.154. The first-order valence-electron chi connectivity index (χ1n) is 5.82. The van der Waals surface area contributed by atoms with E-state index >= 15 is 0 Å². The Morgan fingerprint density at radius 3 is 2.60 bits per heavy atom. The summed E-state index contributed by atoms with van der Waals surface area (Å²) >= 11 is 13.1. The molecule has 0 fully saturated rings. The molecule has 0 saturated heterocycles. The molecule has 0 radical (unpaired) electrons. The van der Waals surface area contributed by atoms with E-state index < -0.39 is 0 Å². The minimum Gasteiger partial charge on any atom is -0.275 e. The molecular weight excluding hydrogens is 407 g/mol. The minimum absolute atomic E-state index is 0.361. The van der Waals surface area contributed by atoms with Gasteiger partial charge < -0.3 is 0 Å². The maximum atomic E-state index is 6.15. The molecule has 20 heavy (non-hydrogen) atoms. The van der Waals surface area contributed by atoms with Gasteiger partial charge in [-0.15, -0.1) is 10.2 Å². The van der Waals surface area contributed by atoms with Gasteiger partial charge >= 0.3 is 0 Å². The van der Waals surface area contributed by atoms with Crippen LogP contribution in [-0.2, 0) is 0 Å². The van der Waals surface area contributed by atoms with Crippen molar-refractivity contribution in [2.24, 2.45) is 0 Å². The molecule has 0 aliphatic heterocycles. The van der Waals surface area contributed by atoms with Crippen molar-refractivity contribution < 1.29 is 0 Å². The van der Waals surface area contributed by atoms with Crippen LogP contribution < -0.4 is 0 Å². The van der Waals surface area contributed by atoms with Crippen molar-refractivity contribution in [3.05, 3.63) is 43.7 Å². The van der Waals surface area contributed by atoms with E-state index in [4.69, 9.17) is 11.6 Å². The summed E-state index contributed by atoms with van der Waals surface area (Å²) in [5, 5.41) is 8.77. The predicted molar refractivity (Wildman–Crippen MR) is 86.1 cm³/mol.